The normalized spacial score (nSPS) is 25.9. The number of rotatable bonds is 5. The van der Waals surface area contributed by atoms with Crippen molar-refractivity contribution >= 4 is 11.6 Å². The highest BCUT2D eigenvalue weighted by molar-refractivity contribution is 5.92. The van der Waals surface area contributed by atoms with Crippen molar-refractivity contribution < 1.29 is 4.79 Å². The van der Waals surface area contributed by atoms with Crippen molar-refractivity contribution in [2.24, 2.45) is 11.8 Å². The number of nitrogens with zero attached hydrogens (tertiary/aromatic N) is 1. The first-order valence-electron chi connectivity index (χ1n) is 9.25. The summed E-state index contributed by atoms with van der Waals surface area (Å²) in [7, 11) is 0. The van der Waals surface area contributed by atoms with Gasteiger partial charge in [-0.1, -0.05) is 19.3 Å². The van der Waals surface area contributed by atoms with Crippen molar-refractivity contribution in [1.82, 2.24) is 10.3 Å². The van der Waals surface area contributed by atoms with Gasteiger partial charge in [0.1, 0.15) is 0 Å². The van der Waals surface area contributed by atoms with Crippen molar-refractivity contribution in [1.29, 1.82) is 0 Å². The summed E-state index contributed by atoms with van der Waals surface area (Å²) in [6.45, 7) is 1.14. The molecule has 0 aromatic carbocycles. The highest BCUT2D eigenvalue weighted by Gasteiger charge is 2.26. The number of amides is 1. The van der Waals surface area contributed by atoms with E-state index in [0.717, 1.165) is 37.0 Å². The van der Waals surface area contributed by atoms with E-state index in [0.29, 0.717) is 0 Å². The number of nitrogens with one attached hydrogen (secondary N) is 2. The van der Waals surface area contributed by atoms with Gasteiger partial charge in [0.15, 0.2) is 0 Å². The number of pyridine rings is 1. The molecule has 0 unspecified atom stereocenters. The number of anilines is 1. The van der Waals surface area contributed by atoms with Gasteiger partial charge in [0.25, 0.3) is 0 Å². The van der Waals surface area contributed by atoms with Crippen LogP contribution in [0.1, 0.15) is 57.8 Å². The summed E-state index contributed by atoms with van der Waals surface area (Å²) >= 11 is 0. The number of carbonyl (C=O) groups excluding carboxylic acids is 1. The topological polar surface area (TPSA) is 54.0 Å². The number of hydrogen-bond acceptors (Lipinski definition) is 3. The highest BCUT2D eigenvalue weighted by Crippen LogP contribution is 2.29. The lowest BCUT2D eigenvalue weighted by Gasteiger charge is -2.30. The molecule has 3 rings (SSSR count). The third-order valence-electron chi connectivity index (χ3n) is 5.47. The minimum absolute atomic E-state index is 0.175. The van der Waals surface area contributed by atoms with Crippen LogP contribution >= 0.6 is 0 Å². The lowest BCUT2D eigenvalue weighted by atomic mass is 9.81. The van der Waals surface area contributed by atoms with Gasteiger partial charge in [-0.2, -0.15) is 0 Å². The zero-order chi connectivity index (χ0) is 15.9. The predicted octanol–water partition coefficient (Wildman–Crippen LogP) is 3.75. The van der Waals surface area contributed by atoms with E-state index in [9.17, 15) is 4.79 Å². The van der Waals surface area contributed by atoms with Gasteiger partial charge in [-0.3, -0.25) is 9.78 Å². The van der Waals surface area contributed by atoms with Gasteiger partial charge in [-0.25, -0.2) is 0 Å². The summed E-state index contributed by atoms with van der Waals surface area (Å²) in [6.07, 6.45) is 14.7. The van der Waals surface area contributed by atoms with Crippen LogP contribution in [-0.4, -0.2) is 23.5 Å². The molecule has 1 aromatic heterocycles. The molecule has 0 radical (unpaired) electrons. The highest BCUT2D eigenvalue weighted by atomic mass is 16.1. The average Bonchev–Trinajstić information content (AvgIpc) is 2.62. The fourth-order valence-electron chi connectivity index (χ4n) is 3.95. The van der Waals surface area contributed by atoms with Gasteiger partial charge in [0.2, 0.25) is 5.91 Å². The zero-order valence-electron chi connectivity index (χ0n) is 14.0. The van der Waals surface area contributed by atoms with Crippen LogP contribution in [0.4, 0.5) is 5.69 Å². The molecule has 1 heterocycles. The Morgan fingerprint density at radius 2 is 1.70 bits per heavy atom. The quantitative estimate of drug-likeness (QED) is 0.870. The summed E-state index contributed by atoms with van der Waals surface area (Å²) in [5, 5.41) is 6.78. The second kappa shape index (κ2) is 8.44. The molecule has 0 saturated heterocycles. The largest absolute Gasteiger partial charge is 0.326 e. The Balaban J connectivity index is 1.37. The maximum absolute atomic E-state index is 12.3. The standard InChI is InChI=1S/C19H29N3O/c23-19(22-18-10-12-20-13-11-18)16-8-6-15(7-9-16)14-21-17-4-2-1-3-5-17/h10-13,15-17,21H,1-9,14H2,(H,20,22,23)/t15-,16-. The Morgan fingerprint density at radius 1 is 1.00 bits per heavy atom. The molecular formula is C19H29N3O. The van der Waals surface area contributed by atoms with E-state index >= 15 is 0 Å². The predicted molar refractivity (Wildman–Crippen MR) is 93.2 cm³/mol. The van der Waals surface area contributed by atoms with E-state index < -0.39 is 0 Å². The van der Waals surface area contributed by atoms with Crippen LogP contribution < -0.4 is 10.6 Å². The van der Waals surface area contributed by atoms with Crippen molar-refractivity contribution in [3.05, 3.63) is 24.5 Å². The molecule has 0 atom stereocenters. The fourth-order valence-corrected chi connectivity index (χ4v) is 3.95. The summed E-state index contributed by atoms with van der Waals surface area (Å²) < 4.78 is 0. The molecule has 1 amide bonds. The molecule has 23 heavy (non-hydrogen) atoms. The fraction of sp³-hybridized carbons (Fsp3) is 0.684. The van der Waals surface area contributed by atoms with Crippen LogP contribution in [0.3, 0.4) is 0 Å². The summed E-state index contributed by atoms with van der Waals surface area (Å²) in [5.74, 6) is 1.10. The van der Waals surface area contributed by atoms with E-state index in [-0.39, 0.29) is 11.8 Å². The Labute approximate surface area is 139 Å². The van der Waals surface area contributed by atoms with E-state index in [2.05, 4.69) is 15.6 Å². The molecule has 0 aliphatic heterocycles. The van der Waals surface area contributed by atoms with Crippen molar-refractivity contribution in [3.63, 3.8) is 0 Å². The summed E-state index contributed by atoms with van der Waals surface area (Å²) in [5.41, 5.74) is 0.853. The smallest absolute Gasteiger partial charge is 0.227 e. The lowest BCUT2D eigenvalue weighted by molar-refractivity contribution is -0.121. The van der Waals surface area contributed by atoms with E-state index in [1.807, 2.05) is 12.1 Å². The van der Waals surface area contributed by atoms with E-state index in [1.165, 1.54) is 44.9 Å². The second-order valence-corrected chi connectivity index (χ2v) is 7.19. The third kappa shape index (κ3) is 5.03. The maximum atomic E-state index is 12.3. The molecular weight excluding hydrogens is 286 g/mol. The molecule has 2 aliphatic carbocycles. The van der Waals surface area contributed by atoms with Crippen LogP contribution in [0.15, 0.2) is 24.5 Å². The molecule has 4 heteroatoms. The van der Waals surface area contributed by atoms with Gasteiger partial charge in [-0.15, -0.1) is 0 Å². The molecule has 2 saturated carbocycles. The maximum Gasteiger partial charge on any atom is 0.227 e. The molecule has 0 spiro atoms. The van der Waals surface area contributed by atoms with Gasteiger partial charge >= 0.3 is 0 Å². The summed E-state index contributed by atoms with van der Waals surface area (Å²) in [4.78, 5) is 16.3. The molecule has 4 nitrogen and oxygen atoms in total. The molecule has 0 bridgehead atoms. The number of carbonyl (C=O) groups is 1. The van der Waals surface area contributed by atoms with Crippen LogP contribution in [0.25, 0.3) is 0 Å². The van der Waals surface area contributed by atoms with Crippen LogP contribution in [-0.2, 0) is 4.79 Å². The Hall–Kier alpha value is -1.42. The Bertz CT molecular complexity index is 477. The SMILES string of the molecule is O=C(Nc1ccncc1)[C@H]1CC[C@H](CNC2CCCCC2)CC1. The first-order chi connectivity index (χ1) is 11.3. The number of hydrogen-bond donors (Lipinski definition) is 2. The first-order valence-corrected chi connectivity index (χ1v) is 9.25. The van der Waals surface area contributed by atoms with Crippen molar-refractivity contribution in [3.8, 4) is 0 Å². The van der Waals surface area contributed by atoms with Gasteiger partial charge in [0.05, 0.1) is 0 Å². The van der Waals surface area contributed by atoms with Gasteiger partial charge < -0.3 is 10.6 Å². The van der Waals surface area contributed by atoms with Gasteiger partial charge in [-0.05, 0) is 63.1 Å². The zero-order valence-corrected chi connectivity index (χ0v) is 14.0. The lowest BCUT2D eigenvalue weighted by Crippen LogP contribution is -2.37. The van der Waals surface area contributed by atoms with Crippen LogP contribution in [0.5, 0.6) is 0 Å². The average molecular weight is 315 g/mol. The Morgan fingerprint density at radius 3 is 2.39 bits per heavy atom. The molecule has 2 aliphatic rings. The third-order valence-corrected chi connectivity index (χ3v) is 5.47. The van der Waals surface area contributed by atoms with Crippen molar-refractivity contribution in [2.45, 2.75) is 63.8 Å². The van der Waals surface area contributed by atoms with E-state index in [4.69, 9.17) is 0 Å². The Kier molecular flexibility index (Phi) is 6.03. The molecule has 126 valence electrons. The molecule has 1 aromatic rings. The second-order valence-electron chi connectivity index (χ2n) is 7.19. The van der Waals surface area contributed by atoms with Crippen LogP contribution in [0, 0.1) is 11.8 Å². The monoisotopic (exact) mass is 315 g/mol. The van der Waals surface area contributed by atoms with Gasteiger partial charge in [0, 0.05) is 30.0 Å². The van der Waals surface area contributed by atoms with Crippen LogP contribution in [0.2, 0.25) is 0 Å². The first kappa shape index (κ1) is 16.4. The van der Waals surface area contributed by atoms with Crippen molar-refractivity contribution in [2.75, 3.05) is 11.9 Å². The van der Waals surface area contributed by atoms with E-state index in [1.54, 1.807) is 12.4 Å². The molecule has 2 N–H and O–H groups in total. The number of aromatic nitrogens is 1. The molecule has 2 fully saturated rings. The minimum atomic E-state index is 0.175. The summed E-state index contributed by atoms with van der Waals surface area (Å²) in [6, 6.07) is 4.44. The minimum Gasteiger partial charge on any atom is -0.326 e.